The Morgan fingerprint density at radius 2 is 2.04 bits per heavy atom. The fourth-order valence-electron chi connectivity index (χ4n) is 2.72. The minimum absolute atomic E-state index is 0.128. The third-order valence-electron chi connectivity index (χ3n) is 4.07. The molecule has 126 valence electrons. The molecule has 24 heavy (non-hydrogen) atoms. The zero-order valence-corrected chi connectivity index (χ0v) is 15.1. The number of thiophene rings is 1. The van der Waals surface area contributed by atoms with E-state index >= 15 is 0 Å². The largest absolute Gasteiger partial charge is 0.508 e. The molecule has 2 heterocycles. The summed E-state index contributed by atoms with van der Waals surface area (Å²) in [6.07, 6.45) is 0. The lowest BCUT2D eigenvalue weighted by Gasteiger charge is -2.20. The van der Waals surface area contributed by atoms with Crippen molar-refractivity contribution in [3.8, 4) is 5.75 Å². The molecule has 0 saturated carbocycles. The maximum absolute atomic E-state index is 11.9. The van der Waals surface area contributed by atoms with E-state index in [1.807, 2.05) is 12.1 Å². The van der Waals surface area contributed by atoms with Crippen LogP contribution < -0.4 is 5.63 Å². The van der Waals surface area contributed by atoms with Crippen molar-refractivity contribution in [3.63, 3.8) is 0 Å². The van der Waals surface area contributed by atoms with Gasteiger partial charge in [-0.2, -0.15) is 0 Å². The van der Waals surface area contributed by atoms with Crippen molar-refractivity contribution in [2.75, 3.05) is 6.54 Å². The highest BCUT2D eigenvalue weighted by atomic mass is 35.5. The van der Waals surface area contributed by atoms with Crippen molar-refractivity contribution >= 4 is 33.9 Å². The number of nitrogens with zero attached hydrogens (tertiary/aromatic N) is 1. The van der Waals surface area contributed by atoms with E-state index in [1.165, 1.54) is 10.9 Å². The van der Waals surface area contributed by atoms with E-state index in [4.69, 9.17) is 16.0 Å². The lowest BCUT2D eigenvalue weighted by atomic mass is 10.1. The van der Waals surface area contributed by atoms with Crippen LogP contribution in [-0.2, 0) is 13.1 Å². The van der Waals surface area contributed by atoms with Crippen molar-refractivity contribution in [3.05, 3.63) is 61.1 Å². The lowest BCUT2D eigenvalue weighted by molar-refractivity contribution is 0.274. The van der Waals surface area contributed by atoms with Crippen LogP contribution in [0.5, 0.6) is 5.75 Å². The number of aryl methyl sites for hydroxylation is 1. The zero-order valence-electron chi connectivity index (χ0n) is 13.5. The first-order valence-electron chi connectivity index (χ1n) is 7.69. The quantitative estimate of drug-likeness (QED) is 0.676. The molecule has 4 nitrogen and oxygen atoms in total. The Morgan fingerprint density at radius 3 is 2.71 bits per heavy atom. The highest BCUT2D eigenvalue weighted by molar-refractivity contribution is 7.16. The van der Waals surface area contributed by atoms with Gasteiger partial charge >= 0.3 is 5.63 Å². The van der Waals surface area contributed by atoms with Crippen molar-refractivity contribution < 1.29 is 9.52 Å². The minimum atomic E-state index is -0.401. The van der Waals surface area contributed by atoms with Gasteiger partial charge in [0.25, 0.3) is 0 Å². The Morgan fingerprint density at radius 1 is 1.25 bits per heavy atom. The van der Waals surface area contributed by atoms with Crippen molar-refractivity contribution in [1.82, 2.24) is 4.90 Å². The van der Waals surface area contributed by atoms with Gasteiger partial charge in [0.15, 0.2) is 0 Å². The predicted molar refractivity (Wildman–Crippen MR) is 98.0 cm³/mol. The van der Waals surface area contributed by atoms with Gasteiger partial charge in [-0.05, 0) is 43.3 Å². The normalized spacial score (nSPS) is 11.5. The topological polar surface area (TPSA) is 53.7 Å². The molecular formula is C18H18ClNO3S. The number of phenolic OH excluding ortho intramolecular Hbond substituents is 1. The highest BCUT2D eigenvalue weighted by Crippen LogP contribution is 2.28. The Hall–Kier alpha value is -1.82. The van der Waals surface area contributed by atoms with E-state index in [2.05, 4.69) is 11.8 Å². The molecule has 1 N–H and O–H groups in total. The summed E-state index contributed by atoms with van der Waals surface area (Å²) >= 11 is 7.56. The van der Waals surface area contributed by atoms with E-state index in [0.29, 0.717) is 17.7 Å². The predicted octanol–water partition coefficient (Wildman–Crippen LogP) is 4.54. The van der Waals surface area contributed by atoms with Crippen LogP contribution in [0, 0.1) is 6.92 Å². The smallest absolute Gasteiger partial charge is 0.336 e. The van der Waals surface area contributed by atoms with Crippen LogP contribution in [0.3, 0.4) is 0 Å². The van der Waals surface area contributed by atoms with E-state index in [9.17, 15) is 9.90 Å². The molecule has 0 unspecified atom stereocenters. The summed E-state index contributed by atoms with van der Waals surface area (Å²) in [5, 5.41) is 10.7. The number of benzene rings is 1. The first-order chi connectivity index (χ1) is 11.5. The molecular weight excluding hydrogens is 346 g/mol. The molecule has 1 aromatic carbocycles. The Labute approximate surface area is 148 Å². The average Bonchev–Trinajstić information content (AvgIpc) is 2.95. The average molecular weight is 364 g/mol. The first-order valence-corrected chi connectivity index (χ1v) is 8.89. The molecule has 0 saturated heterocycles. The van der Waals surface area contributed by atoms with Gasteiger partial charge in [0, 0.05) is 35.0 Å². The van der Waals surface area contributed by atoms with Gasteiger partial charge in [-0.15, -0.1) is 11.3 Å². The Kier molecular flexibility index (Phi) is 4.94. The molecule has 0 aliphatic carbocycles. The SMILES string of the molecule is CCN(Cc1ccc(Cl)s1)Cc1cc(=O)oc2c(C)c(O)ccc12. The van der Waals surface area contributed by atoms with Crippen LogP contribution in [0.2, 0.25) is 4.34 Å². The van der Waals surface area contributed by atoms with Crippen molar-refractivity contribution in [2.45, 2.75) is 26.9 Å². The van der Waals surface area contributed by atoms with Gasteiger partial charge in [0.1, 0.15) is 11.3 Å². The maximum Gasteiger partial charge on any atom is 0.336 e. The number of hydrogen-bond acceptors (Lipinski definition) is 5. The van der Waals surface area contributed by atoms with Crippen LogP contribution in [0.1, 0.15) is 22.9 Å². The van der Waals surface area contributed by atoms with E-state index in [1.54, 1.807) is 30.4 Å². The molecule has 0 aliphatic heterocycles. The monoisotopic (exact) mass is 363 g/mol. The van der Waals surface area contributed by atoms with Crippen LogP contribution >= 0.6 is 22.9 Å². The summed E-state index contributed by atoms with van der Waals surface area (Å²) in [5.74, 6) is 0.128. The fourth-order valence-corrected chi connectivity index (χ4v) is 3.85. The molecule has 2 aromatic heterocycles. The third-order valence-corrected chi connectivity index (χ3v) is 5.28. The number of phenols is 1. The molecule has 3 aromatic rings. The third kappa shape index (κ3) is 3.48. The van der Waals surface area contributed by atoms with Crippen molar-refractivity contribution in [2.24, 2.45) is 0 Å². The van der Waals surface area contributed by atoms with Crippen LogP contribution in [0.15, 0.2) is 39.5 Å². The van der Waals surface area contributed by atoms with Crippen LogP contribution in [0.25, 0.3) is 11.0 Å². The Bertz CT molecular complexity index is 932. The minimum Gasteiger partial charge on any atom is -0.508 e. The lowest BCUT2D eigenvalue weighted by Crippen LogP contribution is -2.22. The van der Waals surface area contributed by atoms with E-state index in [0.717, 1.165) is 28.4 Å². The summed E-state index contributed by atoms with van der Waals surface area (Å²) in [6.45, 7) is 6.06. The van der Waals surface area contributed by atoms with Gasteiger partial charge in [0.05, 0.1) is 4.34 Å². The second-order valence-corrected chi connectivity index (χ2v) is 7.49. The van der Waals surface area contributed by atoms with Gasteiger partial charge in [0.2, 0.25) is 0 Å². The highest BCUT2D eigenvalue weighted by Gasteiger charge is 2.14. The molecule has 0 spiro atoms. The standard InChI is InChI=1S/C18H18ClNO3S/c1-3-20(10-13-4-7-16(19)24-13)9-12-8-17(22)23-18-11(2)15(21)6-5-14(12)18/h4-8,21H,3,9-10H2,1-2H3. The molecule has 0 radical (unpaired) electrons. The molecule has 6 heteroatoms. The molecule has 0 bridgehead atoms. The number of aromatic hydroxyl groups is 1. The molecule has 0 amide bonds. The van der Waals surface area contributed by atoms with Crippen molar-refractivity contribution in [1.29, 1.82) is 0 Å². The number of hydrogen-bond donors (Lipinski definition) is 1. The summed E-state index contributed by atoms with van der Waals surface area (Å²) in [6, 6.07) is 8.88. The van der Waals surface area contributed by atoms with Gasteiger partial charge in [-0.1, -0.05) is 18.5 Å². The summed E-state index contributed by atoms with van der Waals surface area (Å²) in [4.78, 5) is 15.3. The van der Waals surface area contributed by atoms with Gasteiger partial charge < -0.3 is 9.52 Å². The van der Waals surface area contributed by atoms with Crippen LogP contribution in [0.4, 0.5) is 0 Å². The molecule has 0 atom stereocenters. The zero-order chi connectivity index (χ0) is 17.3. The van der Waals surface area contributed by atoms with E-state index < -0.39 is 5.63 Å². The second kappa shape index (κ2) is 6.97. The number of rotatable bonds is 5. The molecule has 0 fully saturated rings. The van der Waals surface area contributed by atoms with Gasteiger partial charge in [-0.3, -0.25) is 4.90 Å². The molecule has 3 rings (SSSR count). The van der Waals surface area contributed by atoms with Crippen LogP contribution in [-0.4, -0.2) is 16.6 Å². The fraction of sp³-hybridized carbons (Fsp3) is 0.278. The number of halogens is 1. The Balaban J connectivity index is 1.96. The van der Waals surface area contributed by atoms with Gasteiger partial charge in [-0.25, -0.2) is 4.79 Å². The number of fused-ring (bicyclic) bond motifs is 1. The summed E-state index contributed by atoms with van der Waals surface area (Å²) in [7, 11) is 0. The van der Waals surface area contributed by atoms with E-state index in [-0.39, 0.29) is 5.75 Å². The maximum atomic E-state index is 11.9. The summed E-state index contributed by atoms with van der Waals surface area (Å²) < 4.78 is 6.08. The summed E-state index contributed by atoms with van der Waals surface area (Å²) in [5.41, 5.74) is 1.53. The first kappa shape index (κ1) is 17.0. The second-order valence-electron chi connectivity index (χ2n) is 5.69. The molecule has 0 aliphatic rings.